The first-order chi connectivity index (χ1) is 12.6. The zero-order valence-electron chi connectivity index (χ0n) is 15.5. The van der Waals surface area contributed by atoms with Crippen LogP contribution in [-0.2, 0) is 4.74 Å². The molecule has 0 spiro atoms. The van der Waals surface area contributed by atoms with Crippen molar-refractivity contribution in [1.29, 1.82) is 0 Å². The van der Waals surface area contributed by atoms with Gasteiger partial charge in [0.25, 0.3) is 5.91 Å². The fourth-order valence-electron chi connectivity index (χ4n) is 2.60. The minimum absolute atomic E-state index is 0.243. The fourth-order valence-corrected chi connectivity index (χ4v) is 2.60. The first-order valence-corrected chi connectivity index (χ1v) is 8.79. The van der Waals surface area contributed by atoms with Crippen molar-refractivity contribution in [2.45, 2.75) is 26.7 Å². The smallest absolute Gasteiger partial charge is 0.337 e. The number of nitrogens with one attached hydrogen (secondary N) is 1. The molecule has 0 saturated carbocycles. The van der Waals surface area contributed by atoms with Crippen molar-refractivity contribution >= 4 is 23.4 Å². The lowest BCUT2D eigenvalue weighted by atomic mass is 10.2. The first-order valence-electron chi connectivity index (χ1n) is 8.79. The third kappa shape index (κ3) is 5.05. The molecule has 1 N–H and O–H groups in total. The van der Waals surface area contributed by atoms with Gasteiger partial charge in [0.15, 0.2) is 0 Å². The highest BCUT2D eigenvalue weighted by Crippen LogP contribution is 2.15. The number of hydrogen-bond donors (Lipinski definition) is 1. The van der Waals surface area contributed by atoms with E-state index < -0.39 is 5.97 Å². The summed E-state index contributed by atoms with van der Waals surface area (Å²) in [5.41, 5.74) is 1.52. The Morgan fingerprint density at radius 1 is 1.00 bits per heavy atom. The second kappa shape index (κ2) is 9.56. The minimum atomic E-state index is -0.411. The van der Waals surface area contributed by atoms with Gasteiger partial charge in [-0.2, -0.15) is 0 Å². The fraction of sp³-hybridized carbons (Fsp3) is 0.350. The molecule has 2 aromatic rings. The molecule has 6 nitrogen and oxygen atoms in total. The number of ether oxygens (including phenoxy) is 1. The van der Waals surface area contributed by atoms with E-state index in [2.05, 4.69) is 33.8 Å². The minimum Gasteiger partial charge on any atom is -0.465 e. The van der Waals surface area contributed by atoms with Crippen LogP contribution in [0, 0.1) is 0 Å². The topological polar surface area (TPSA) is 71.5 Å². The molecular weight excluding hydrogens is 330 g/mol. The number of methoxy groups -OCH3 is 1. The maximum Gasteiger partial charge on any atom is 0.337 e. The van der Waals surface area contributed by atoms with Crippen LogP contribution >= 0.6 is 0 Å². The predicted molar refractivity (Wildman–Crippen MR) is 103 cm³/mol. The van der Waals surface area contributed by atoms with E-state index in [1.807, 2.05) is 6.07 Å². The predicted octanol–water partition coefficient (Wildman–Crippen LogP) is 3.75. The number of amides is 1. The number of rotatable bonds is 8. The molecule has 138 valence electrons. The maximum atomic E-state index is 12.4. The Morgan fingerprint density at radius 2 is 1.62 bits per heavy atom. The van der Waals surface area contributed by atoms with Crippen LogP contribution in [0.3, 0.4) is 0 Å². The van der Waals surface area contributed by atoms with Gasteiger partial charge in [-0.15, -0.1) is 0 Å². The van der Waals surface area contributed by atoms with Crippen molar-refractivity contribution in [3.8, 4) is 0 Å². The first kappa shape index (κ1) is 19.4. The van der Waals surface area contributed by atoms with E-state index in [9.17, 15) is 9.59 Å². The van der Waals surface area contributed by atoms with Gasteiger partial charge >= 0.3 is 5.97 Å². The Morgan fingerprint density at radius 3 is 2.12 bits per heavy atom. The summed E-state index contributed by atoms with van der Waals surface area (Å²) >= 11 is 0. The number of esters is 1. The summed E-state index contributed by atoms with van der Waals surface area (Å²) < 4.78 is 4.65. The van der Waals surface area contributed by atoms with Gasteiger partial charge in [-0.05, 0) is 49.2 Å². The van der Waals surface area contributed by atoms with Crippen LogP contribution < -0.4 is 10.2 Å². The van der Waals surface area contributed by atoms with Gasteiger partial charge in [0.2, 0.25) is 0 Å². The standard InChI is InChI=1S/C20H25N3O3/c1-4-12-23(13-5-2)18-11-8-16(14-21-18)19(24)22-17-9-6-15(7-10-17)20(25)26-3/h6-11,14H,4-5,12-13H2,1-3H3,(H,22,24). The van der Waals surface area contributed by atoms with Crippen molar-refractivity contribution in [2.75, 3.05) is 30.4 Å². The molecular formula is C20H25N3O3. The van der Waals surface area contributed by atoms with Gasteiger partial charge in [0.1, 0.15) is 5.82 Å². The van der Waals surface area contributed by atoms with Gasteiger partial charge in [0, 0.05) is 25.0 Å². The van der Waals surface area contributed by atoms with E-state index in [0.29, 0.717) is 16.8 Å². The number of nitrogens with zero attached hydrogens (tertiary/aromatic N) is 2. The van der Waals surface area contributed by atoms with Gasteiger partial charge in [-0.1, -0.05) is 13.8 Å². The summed E-state index contributed by atoms with van der Waals surface area (Å²) in [5.74, 6) is 0.228. The van der Waals surface area contributed by atoms with Crippen LogP contribution in [0.4, 0.5) is 11.5 Å². The van der Waals surface area contributed by atoms with Crippen LogP contribution in [-0.4, -0.2) is 37.1 Å². The molecule has 1 aromatic heterocycles. The van der Waals surface area contributed by atoms with E-state index in [0.717, 1.165) is 31.7 Å². The van der Waals surface area contributed by atoms with E-state index in [-0.39, 0.29) is 5.91 Å². The number of pyridine rings is 1. The SMILES string of the molecule is CCCN(CCC)c1ccc(C(=O)Nc2ccc(C(=O)OC)cc2)cn1. The lowest BCUT2D eigenvalue weighted by molar-refractivity contribution is 0.0600. The van der Waals surface area contributed by atoms with Gasteiger partial charge < -0.3 is 15.0 Å². The monoisotopic (exact) mass is 355 g/mol. The lowest BCUT2D eigenvalue weighted by Crippen LogP contribution is -2.26. The molecule has 0 bridgehead atoms. The number of aromatic nitrogens is 1. The number of carbonyl (C=O) groups excluding carboxylic acids is 2. The molecule has 0 atom stereocenters. The largest absolute Gasteiger partial charge is 0.465 e. The van der Waals surface area contributed by atoms with E-state index >= 15 is 0 Å². The average Bonchev–Trinajstić information content (AvgIpc) is 2.68. The number of anilines is 2. The Kier molecular flexibility index (Phi) is 7.14. The molecule has 6 heteroatoms. The third-order valence-corrected chi connectivity index (χ3v) is 3.88. The van der Waals surface area contributed by atoms with Crippen LogP contribution in [0.5, 0.6) is 0 Å². The molecule has 0 fully saturated rings. The summed E-state index contributed by atoms with van der Waals surface area (Å²) in [4.78, 5) is 30.4. The average molecular weight is 355 g/mol. The van der Waals surface area contributed by atoms with Crippen molar-refractivity contribution in [1.82, 2.24) is 4.98 Å². The lowest BCUT2D eigenvalue weighted by Gasteiger charge is -2.22. The highest BCUT2D eigenvalue weighted by Gasteiger charge is 2.11. The highest BCUT2D eigenvalue weighted by atomic mass is 16.5. The molecule has 0 aliphatic heterocycles. The molecule has 1 amide bonds. The second-order valence-corrected chi connectivity index (χ2v) is 5.92. The number of carbonyl (C=O) groups is 2. The third-order valence-electron chi connectivity index (χ3n) is 3.88. The molecule has 0 saturated heterocycles. The molecule has 0 aliphatic rings. The molecule has 1 aromatic carbocycles. The van der Waals surface area contributed by atoms with Crippen molar-refractivity contribution in [2.24, 2.45) is 0 Å². The Bertz CT molecular complexity index is 721. The second-order valence-electron chi connectivity index (χ2n) is 5.92. The van der Waals surface area contributed by atoms with Crippen molar-refractivity contribution in [3.05, 3.63) is 53.7 Å². The van der Waals surface area contributed by atoms with Crippen LogP contribution in [0.15, 0.2) is 42.6 Å². The molecule has 1 heterocycles. The van der Waals surface area contributed by atoms with Gasteiger partial charge in [-0.25, -0.2) is 9.78 Å². The highest BCUT2D eigenvalue weighted by molar-refractivity contribution is 6.04. The van der Waals surface area contributed by atoms with E-state index in [1.54, 1.807) is 36.5 Å². The normalized spacial score (nSPS) is 10.3. The Labute approximate surface area is 154 Å². The van der Waals surface area contributed by atoms with Crippen molar-refractivity contribution in [3.63, 3.8) is 0 Å². The maximum absolute atomic E-state index is 12.4. The quantitative estimate of drug-likeness (QED) is 0.730. The van der Waals surface area contributed by atoms with Gasteiger partial charge in [0.05, 0.1) is 18.2 Å². The Hall–Kier alpha value is -2.89. The summed E-state index contributed by atoms with van der Waals surface area (Å²) in [6.07, 6.45) is 3.68. The summed E-state index contributed by atoms with van der Waals surface area (Å²) in [7, 11) is 1.33. The zero-order chi connectivity index (χ0) is 18.9. The number of hydrogen-bond acceptors (Lipinski definition) is 5. The summed E-state index contributed by atoms with van der Waals surface area (Å²) in [5, 5.41) is 2.80. The molecule has 26 heavy (non-hydrogen) atoms. The number of benzene rings is 1. The zero-order valence-corrected chi connectivity index (χ0v) is 15.5. The van der Waals surface area contributed by atoms with Crippen molar-refractivity contribution < 1.29 is 14.3 Å². The van der Waals surface area contributed by atoms with Gasteiger partial charge in [-0.3, -0.25) is 4.79 Å². The molecule has 0 aliphatic carbocycles. The van der Waals surface area contributed by atoms with E-state index in [1.165, 1.54) is 7.11 Å². The van der Waals surface area contributed by atoms with E-state index in [4.69, 9.17) is 0 Å². The Balaban J connectivity index is 2.04. The molecule has 0 unspecified atom stereocenters. The van der Waals surface area contributed by atoms with Crippen LogP contribution in [0.2, 0.25) is 0 Å². The molecule has 2 rings (SSSR count). The van der Waals surface area contributed by atoms with Crippen LogP contribution in [0.25, 0.3) is 0 Å². The summed E-state index contributed by atoms with van der Waals surface area (Å²) in [6, 6.07) is 10.2. The van der Waals surface area contributed by atoms with Crippen LogP contribution in [0.1, 0.15) is 47.4 Å². The molecule has 0 radical (unpaired) electrons. The summed E-state index contributed by atoms with van der Waals surface area (Å²) in [6.45, 7) is 6.16.